The molecule has 0 unspecified atom stereocenters. The van der Waals surface area contributed by atoms with Crippen LogP contribution >= 0.6 is 22.3 Å². The van der Waals surface area contributed by atoms with Crippen molar-refractivity contribution in [3.63, 3.8) is 0 Å². The molecule has 0 spiro atoms. The second kappa shape index (κ2) is 5.82. The molecule has 0 saturated heterocycles. The summed E-state index contributed by atoms with van der Waals surface area (Å²) in [5, 5.41) is 1.22. The first kappa shape index (κ1) is 14.2. The molecular weight excluding hydrogens is 307 g/mol. The lowest BCUT2D eigenvalue weighted by atomic mass is 10.1. The van der Waals surface area contributed by atoms with Crippen LogP contribution in [0.2, 0.25) is 0 Å². The van der Waals surface area contributed by atoms with Gasteiger partial charge in [-0.15, -0.1) is 0 Å². The minimum absolute atomic E-state index is 0.0741. The van der Waals surface area contributed by atoms with Crippen molar-refractivity contribution in [1.82, 2.24) is 0 Å². The van der Waals surface area contributed by atoms with E-state index in [-0.39, 0.29) is 4.90 Å². The van der Waals surface area contributed by atoms with Crippen molar-refractivity contribution in [3.05, 3.63) is 48.0 Å². The lowest BCUT2D eigenvalue weighted by Crippen LogP contribution is -1.97. The molecule has 0 bridgehead atoms. The Morgan fingerprint density at radius 3 is 2.42 bits per heavy atom. The molecule has 0 aliphatic rings. The fraction of sp³-hybridized carbons (Fsp3) is 0.0769. The zero-order chi connectivity index (χ0) is 13.9. The molecule has 0 heterocycles. The van der Waals surface area contributed by atoms with E-state index in [9.17, 15) is 8.42 Å². The summed E-state index contributed by atoms with van der Waals surface area (Å²) in [5.74, 6) is 0.578. The van der Waals surface area contributed by atoms with Gasteiger partial charge in [-0.05, 0) is 18.2 Å². The number of rotatable bonds is 4. The summed E-state index contributed by atoms with van der Waals surface area (Å²) in [5.41, 5.74) is 1.36. The van der Waals surface area contributed by atoms with E-state index >= 15 is 0 Å². The predicted octanol–water partition coefficient (Wildman–Crippen LogP) is 3.90. The van der Waals surface area contributed by atoms with Crippen LogP contribution in [0.1, 0.15) is 0 Å². The molecule has 0 amide bonds. The molecule has 0 aliphatic heterocycles. The topological polar surface area (TPSA) is 43.4 Å². The Morgan fingerprint density at radius 1 is 1.11 bits per heavy atom. The van der Waals surface area contributed by atoms with Gasteiger partial charge in [-0.1, -0.05) is 35.9 Å². The predicted molar refractivity (Wildman–Crippen MR) is 77.5 cm³/mol. The standard InChI is InChI=1S/C13H10Cl2O3S/c14-8-3-9-18-12-6-7-13(19(15,16)17)11-5-2-1-4-10(11)12/h1-8H,9H2/b8-3+. The van der Waals surface area contributed by atoms with Gasteiger partial charge in [-0.3, -0.25) is 0 Å². The number of hydrogen-bond donors (Lipinski definition) is 0. The van der Waals surface area contributed by atoms with E-state index in [0.29, 0.717) is 23.1 Å². The number of ether oxygens (including phenoxy) is 1. The summed E-state index contributed by atoms with van der Waals surface area (Å²) in [4.78, 5) is 0.0741. The van der Waals surface area contributed by atoms with Crippen LogP contribution in [0.5, 0.6) is 5.75 Å². The summed E-state index contributed by atoms with van der Waals surface area (Å²) in [6, 6.07) is 10.0. The molecule has 2 aromatic carbocycles. The highest BCUT2D eigenvalue weighted by Gasteiger charge is 2.16. The summed E-state index contributed by atoms with van der Waals surface area (Å²) in [7, 11) is 1.63. The van der Waals surface area contributed by atoms with Gasteiger partial charge >= 0.3 is 0 Å². The molecule has 19 heavy (non-hydrogen) atoms. The average molecular weight is 317 g/mol. The van der Waals surface area contributed by atoms with Gasteiger partial charge in [0.2, 0.25) is 0 Å². The Balaban J connectivity index is 2.58. The van der Waals surface area contributed by atoms with Crippen molar-refractivity contribution < 1.29 is 13.2 Å². The Bertz CT molecular complexity index is 724. The van der Waals surface area contributed by atoms with Gasteiger partial charge in [0.1, 0.15) is 12.4 Å². The normalized spacial score (nSPS) is 12.1. The van der Waals surface area contributed by atoms with Crippen LogP contribution in [0.15, 0.2) is 52.9 Å². The van der Waals surface area contributed by atoms with E-state index in [4.69, 9.17) is 27.0 Å². The number of benzene rings is 2. The number of halogens is 2. The first-order valence-corrected chi connectivity index (χ1v) is 8.13. The zero-order valence-electron chi connectivity index (χ0n) is 9.71. The SMILES string of the molecule is O=S(=O)(Cl)c1ccc(OC/C=C/Cl)c2ccccc12. The lowest BCUT2D eigenvalue weighted by molar-refractivity contribution is 0.367. The van der Waals surface area contributed by atoms with Gasteiger partial charge in [0.15, 0.2) is 0 Å². The van der Waals surface area contributed by atoms with Crippen LogP contribution < -0.4 is 4.74 Å². The average Bonchev–Trinajstić information content (AvgIpc) is 2.37. The van der Waals surface area contributed by atoms with Crippen molar-refractivity contribution in [2.24, 2.45) is 0 Å². The molecule has 0 saturated carbocycles. The minimum atomic E-state index is -3.79. The molecule has 3 nitrogen and oxygen atoms in total. The lowest BCUT2D eigenvalue weighted by Gasteiger charge is -2.09. The Hall–Kier alpha value is -1.23. The molecule has 0 aliphatic carbocycles. The third kappa shape index (κ3) is 3.21. The van der Waals surface area contributed by atoms with Crippen LogP contribution in [-0.2, 0) is 9.05 Å². The largest absolute Gasteiger partial charge is 0.489 e. The molecule has 100 valence electrons. The maximum atomic E-state index is 11.5. The van der Waals surface area contributed by atoms with E-state index in [2.05, 4.69) is 0 Å². The highest BCUT2D eigenvalue weighted by Crippen LogP contribution is 2.32. The van der Waals surface area contributed by atoms with Gasteiger partial charge in [0, 0.05) is 27.0 Å². The Labute approximate surface area is 120 Å². The Morgan fingerprint density at radius 2 is 1.79 bits per heavy atom. The second-order valence-electron chi connectivity index (χ2n) is 3.72. The van der Waals surface area contributed by atoms with Crippen molar-refractivity contribution in [2.75, 3.05) is 6.61 Å². The molecule has 0 radical (unpaired) electrons. The van der Waals surface area contributed by atoms with E-state index in [0.717, 1.165) is 0 Å². The summed E-state index contributed by atoms with van der Waals surface area (Å²) >= 11 is 5.41. The maximum Gasteiger partial charge on any atom is 0.261 e. The van der Waals surface area contributed by atoms with E-state index < -0.39 is 9.05 Å². The molecule has 0 N–H and O–H groups in total. The van der Waals surface area contributed by atoms with Crippen molar-refractivity contribution in [3.8, 4) is 5.75 Å². The molecule has 2 rings (SSSR count). The van der Waals surface area contributed by atoms with Gasteiger partial charge in [0.05, 0.1) is 4.90 Å². The maximum absolute atomic E-state index is 11.5. The minimum Gasteiger partial charge on any atom is -0.489 e. The van der Waals surface area contributed by atoms with Crippen LogP contribution in [0, 0.1) is 0 Å². The summed E-state index contributed by atoms with van der Waals surface area (Å²) in [6.45, 7) is 0.306. The molecule has 6 heteroatoms. The van der Waals surface area contributed by atoms with Crippen molar-refractivity contribution >= 4 is 42.1 Å². The zero-order valence-corrected chi connectivity index (χ0v) is 12.0. The fourth-order valence-electron chi connectivity index (χ4n) is 1.76. The van der Waals surface area contributed by atoms with Crippen LogP contribution in [0.3, 0.4) is 0 Å². The molecule has 0 atom stereocenters. The molecule has 0 aromatic heterocycles. The van der Waals surface area contributed by atoms with Gasteiger partial charge in [-0.25, -0.2) is 8.42 Å². The molecular formula is C13H10Cl2O3S. The second-order valence-corrected chi connectivity index (χ2v) is 6.50. The highest BCUT2D eigenvalue weighted by atomic mass is 35.7. The molecule has 2 aromatic rings. The van der Waals surface area contributed by atoms with Crippen molar-refractivity contribution in [1.29, 1.82) is 0 Å². The van der Waals surface area contributed by atoms with E-state index in [1.54, 1.807) is 36.4 Å². The van der Waals surface area contributed by atoms with Crippen molar-refractivity contribution in [2.45, 2.75) is 4.90 Å². The summed E-state index contributed by atoms with van der Waals surface area (Å²) in [6.07, 6.45) is 1.64. The Kier molecular flexibility index (Phi) is 4.34. The monoisotopic (exact) mass is 316 g/mol. The first-order chi connectivity index (χ1) is 9.04. The smallest absolute Gasteiger partial charge is 0.261 e. The third-order valence-corrected chi connectivity index (χ3v) is 4.09. The number of fused-ring (bicyclic) bond motifs is 1. The van der Waals surface area contributed by atoms with Crippen LogP contribution in [0.25, 0.3) is 10.8 Å². The summed E-state index contributed by atoms with van der Waals surface area (Å²) < 4.78 is 28.5. The third-order valence-electron chi connectivity index (χ3n) is 2.53. The first-order valence-electron chi connectivity index (χ1n) is 5.38. The molecule has 0 fully saturated rings. The highest BCUT2D eigenvalue weighted by molar-refractivity contribution is 8.14. The number of hydrogen-bond acceptors (Lipinski definition) is 3. The van der Waals surface area contributed by atoms with E-state index in [1.165, 1.54) is 11.6 Å². The van der Waals surface area contributed by atoms with Crippen LogP contribution in [-0.4, -0.2) is 15.0 Å². The van der Waals surface area contributed by atoms with Gasteiger partial charge < -0.3 is 4.74 Å². The van der Waals surface area contributed by atoms with Gasteiger partial charge in [0.25, 0.3) is 9.05 Å². The van der Waals surface area contributed by atoms with E-state index in [1.807, 2.05) is 0 Å². The van der Waals surface area contributed by atoms with Gasteiger partial charge in [-0.2, -0.15) is 0 Å². The van der Waals surface area contributed by atoms with Crippen LogP contribution in [0.4, 0.5) is 0 Å². The quantitative estimate of drug-likeness (QED) is 0.803. The fourth-order valence-corrected chi connectivity index (χ4v) is 2.90.